The fraction of sp³-hybridized carbons (Fsp3) is 0.739. The number of nitrogens with one attached hydrogen (secondary N) is 1. The highest BCUT2D eigenvalue weighted by Crippen LogP contribution is 2.48. The first-order valence-electron chi connectivity index (χ1n) is 12.0. The summed E-state index contributed by atoms with van der Waals surface area (Å²) in [6.07, 6.45) is 7.74. The number of nitrogens with two attached hydrogens (primary N) is 1. The minimum absolute atomic E-state index is 0.209. The molecule has 2 aromatic heterocycles. The number of aryl methyl sites for hydroxylation is 1. The Balaban J connectivity index is 1.31. The molecule has 0 aromatic carbocycles. The van der Waals surface area contributed by atoms with E-state index in [1.54, 1.807) is 24.8 Å². The van der Waals surface area contributed by atoms with Crippen LogP contribution in [0, 0.1) is 0 Å². The molecule has 3 heterocycles. The Morgan fingerprint density at radius 3 is 2.72 bits per heavy atom. The zero-order valence-corrected chi connectivity index (χ0v) is 19.6. The van der Waals surface area contributed by atoms with E-state index < -0.39 is 6.23 Å². The molecule has 2 unspecified atom stereocenters. The van der Waals surface area contributed by atoms with Crippen LogP contribution in [0.5, 0.6) is 5.88 Å². The van der Waals surface area contributed by atoms with Crippen LogP contribution < -0.4 is 15.8 Å². The second kappa shape index (κ2) is 9.87. The summed E-state index contributed by atoms with van der Waals surface area (Å²) in [5.74, 6) is 1.01. The lowest BCUT2D eigenvalue weighted by molar-refractivity contribution is -0.0164. The quantitative estimate of drug-likeness (QED) is 0.538. The van der Waals surface area contributed by atoms with Crippen molar-refractivity contribution in [1.82, 2.24) is 20.2 Å². The topological polar surface area (TPSA) is 106 Å². The summed E-state index contributed by atoms with van der Waals surface area (Å²) in [7, 11) is 1.61. The van der Waals surface area contributed by atoms with Gasteiger partial charge in [0.1, 0.15) is 23.5 Å². The molecule has 5 rings (SSSR count). The maximum absolute atomic E-state index is 9.87. The van der Waals surface area contributed by atoms with Crippen LogP contribution in [0.2, 0.25) is 0 Å². The van der Waals surface area contributed by atoms with Crippen LogP contribution >= 0.6 is 11.3 Å². The average molecular weight is 462 g/mol. The summed E-state index contributed by atoms with van der Waals surface area (Å²) in [6, 6.07) is 0.686. The molecule has 3 aliphatic rings. The standard InChI is InChI=1S/C23H35N5O3S/c1-30-17(21(24)29)12-14-2-7-18-19(14)20-22(26-13-27-23(20)32-18)31-16-5-3-15(4-6-16)28-10-8-25-9-11-28/h13-17,21,25,29H,2-12,24H2,1H3/t14-,15?,16?,17?,21?/m1/s1. The Morgan fingerprint density at radius 2 is 2.00 bits per heavy atom. The highest BCUT2D eigenvalue weighted by Gasteiger charge is 2.34. The Hall–Kier alpha value is -1.36. The van der Waals surface area contributed by atoms with E-state index in [1.807, 2.05) is 0 Å². The van der Waals surface area contributed by atoms with Crippen LogP contribution in [0.4, 0.5) is 0 Å². The molecule has 0 amide bonds. The predicted molar refractivity (Wildman–Crippen MR) is 125 cm³/mol. The molecule has 4 N–H and O–H groups in total. The number of aliphatic hydroxyl groups is 1. The number of piperazine rings is 1. The molecule has 1 aliphatic heterocycles. The lowest BCUT2D eigenvalue weighted by Crippen LogP contribution is -2.50. The van der Waals surface area contributed by atoms with Gasteiger partial charge in [-0.1, -0.05) is 0 Å². The fourth-order valence-corrected chi connectivity index (χ4v) is 6.99. The Kier molecular flexibility index (Phi) is 6.92. The molecule has 9 heteroatoms. The van der Waals surface area contributed by atoms with E-state index in [4.69, 9.17) is 15.2 Å². The molecule has 176 valence electrons. The van der Waals surface area contributed by atoms with E-state index in [2.05, 4.69) is 20.2 Å². The van der Waals surface area contributed by atoms with Gasteiger partial charge in [0, 0.05) is 44.2 Å². The molecule has 2 aliphatic carbocycles. The van der Waals surface area contributed by atoms with E-state index in [1.165, 1.54) is 23.3 Å². The molecule has 32 heavy (non-hydrogen) atoms. The van der Waals surface area contributed by atoms with Crippen molar-refractivity contribution in [2.24, 2.45) is 5.73 Å². The average Bonchev–Trinajstić information content (AvgIpc) is 3.38. The van der Waals surface area contributed by atoms with Crippen LogP contribution in [0.15, 0.2) is 6.33 Å². The highest BCUT2D eigenvalue weighted by molar-refractivity contribution is 7.19. The SMILES string of the molecule is COC(C[C@H]1CCc2sc3ncnc(OC4CCC(N5CCNCC5)CC4)c3c21)C(N)O. The zero-order chi connectivity index (χ0) is 22.1. The van der Waals surface area contributed by atoms with E-state index in [-0.39, 0.29) is 18.1 Å². The third kappa shape index (κ3) is 4.51. The summed E-state index contributed by atoms with van der Waals surface area (Å²) in [4.78, 5) is 14.1. The molecule has 0 radical (unpaired) electrons. The van der Waals surface area contributed by atoms with Crippen LogP contribution in [0.25, 0.3) is 10.2 Å². The Morgan fingerprint density at radius 1 is 1.22 bits per heavy atom. The van der Waals surface area contributed by atoms with Crippen LogP contribution in [0.3, 0.4) is 0 Å². The first-order chi connectivity index (χ1) is 15.6. The first kappa shape index (κ1) is 22.4. The third-order valence-corrected chi connectivity index (χ3v) is 8.66. The molecule has 1 saturated heterocycles. The fourth-order valence-electron chi connectivity index (χ4n) is 5.75. The first-order valence-corrected chi connectivity index (χ1v) is 12.8. The van der Waals surface area contributed by atoms with Gasteiger partial charge in [0.2, 0.25) is 5.88 Å². The minimum atomic E-state index is -0.980. The van der Waals surface area contributed by atoms with Crippen LogP contribution in [-0.4, -0.2) is 77.7 Å². The number of aliphatic hydroxyl groups excluding tert-OH is 1. The van der Waals surface area contributed by atoms with Crippen molar-refractivity contribution in [2.45, 2.75) is 75.3 Å². The van der Waals surface area contributed by atoms with E-state index in [9.17, 15) is 5.11 Å². The van der Waals surface area contributed by atoms with Crippen molar-refractivity contribution in [3.63, 3.8) is 0 Å². The number of hydrogen-bond acceptors (Lipinski definition) is 9. The van der Waals surface area contributed by atoms with Gasteiger partial charge in [0.25, 0.3) is 0 Å². The van der Waals surface area contributed by atoms with Crippen molar-refractivity contribution < 1.29 is 14.6 Å². The van der Waals surface area contributed by atoms with Crippen LogP contribution in [0.1, 0.15) is 54.9 Å². The Bertz CT molecular complexity index is 908. The number of aromatic nitrogens is 2. The normalized spacial score (nSPS) is 28.5. The molecule has 1 saturated carbocycles. The lowest BCUT2D eigenvalue weighted by atomic mass is 9.91. The molecular formula is C23H35N5O3S. The number of rotatable bonds is 7. The summed E-state index contributed by atoms with van der Waals surface area (Å²) in [5.41, 5.74) is 7.02. The second-order valence-corrected chi connectivity index (χ2v) is 10.5. The molecule has 0 spiro atoms. The van der Waals surface area contributed by atoms with Crippen molar-refractivity contribution >= 4 is 21.6 Å². The number of thiophene rings is 1. The van der Waals surface area contributed by atoms with Gasteiger partial charge in [-0.05, 0) is 56.4 Å². The van der Waals surface area contributed by atoms with Gasteiger partial charge in [0.15, 0.2) is 0 Å². The van der Waals surface area contributed by atoms with E-state index in [0.29, 0.717) is 12.5 Å². The van der Waals surface area contributed by atoms with E-state index >= 15 is 0 Å². The van der Waals surface area contributed by atoms with Crippen molar-refractivity contribution in [3.8, 4) is 5.88 Å². The van der Waals surface area contributed by atoms with Gasteiger partial charge in [-0.3, -0.25) is 4.90 Å². The van der Waals surface area contributed by atoms with Gasteiger partial charge >= 0.3 is 0 Å². The summed E-state index contributed by atoms with van der Waals surface area (Å²) >= 11 is 1.75. The summed E-state index contributed by atoms with van der Waals surface area (Å²) < 4.78 is 12.0. The maximum Gasteiger partial charge on any atom is 0.225 e. The van der Waals surface area contributed by atoms with Gasteiger partial charge in [0.05, 0.1) is 11.5 Å². The largest absolute Gasteiger partial charge is 0.474 e. The van der Waals surface area contributed by atoms with Crippen LogP contribution in [-0.2, 0) is 11.2 Å². The number of methoxy groups -OCH3 is 1. The van der Waals surface area contributed by atoms with Gasteiger partial charge in [-0.25, -0.2) is 9.97 Å². The minimum Gasteiger partial charge on any atom is -0.474 e. The summed E-state index contributed by atoms with van der Waals surface area (Å²) in [5, 5.41) is 14.4. The van der Waals surface area contributed by atoms with Crippen molar-refractivity contribution in [2.75, 3.05) is 33.3 Å². The molecule has 3 atom stereocenters. The number of nitrogens with zero attached hydrogens (tertiary/aromatic N) is 3. The number of hydrogen-bond donors (Lipinski definition) is 3. The van der Waals surface area contributed by atoms with Crippen molar-refractivity contribution in [1.29, 1.82) is 0 Å². The van der Waals surface area contributed by atoms with Gasteiger partial charge < -0.3 is 25.6 Å². The monoisotopic (exact) mass is 461 g/mol. The lowest BCUT2D eigenvalue weighted by Gasteiger charge is -2.39. The molecule has 8 nitrogen and oxygen atoms in total. The maximum atomic E-state index is 9.87. The zero-order valence-electron chi connectivity index (χ0n) is 18.8. The third-order valence-electron chi connectivity index (χ3n) is 7.49. The molecular weight excluding hydrogens is 426 g/mol. The van der Waals surface area contributed by atoms with Gasteiger partial charge in [-0.2, -0.15) is 0 Å². The Labute approximate surface area is 193 Å². The highest BCUT2D eigenvalue weighted by atomic mass is 32.1. The number of ether oxygens (including phenoxy) is 2. The van der Waals surface area contributed by atoms with E-state index in [0.717, 1.165) is 68.0 Å². The molecule has 0 bridgehead atoms. The van der Waals surface area contributed by atoms with Gasteiger partial charge in [-0.15, -0.1) is 11.3 Å². The predicted octanol–water partition coefficient (Wildman–Crippen LogP) is 2.00. The summed E-state index contributed by atoms with van der Waals surface area (Å²) in [6.45, 7) is 4.52. The number of fused-ring (bicyclic) bond motifs is 3. The molecule has 2 fully saturated rings. The smallest absolute Gasteiger partial charge is 0.225 e. The van der Waals surface area contributed by atoms with Crippen molar-refractivity contribution in [3.05, 3.63) is 16.8 Å². The second-order valence-electron chi connectivity index (χ2n) is 9.37. The molecule has 2 aromatic rings.